The number of nitrogens with zero attached hydrogens (tertiary/aromatic N) is 2. The van der Waals surface area contributed by atoms with Crippen molar-refractivity contribution in [3.05, 3.63) is 59.7 Å². The zero-order chi connectivity index (χ0) is 16.2. The highest BCUT2D eigenvalue weighted by Gasteiger charge is 2.15. The van der Waals surface area contributed by atoms with Crippen molar-refractivity contribution in [3.63, 3.8) is 0 Å². The summed E-state index contributed by atoms with van der Waals surface area (Å²) in [6.45, 7) is 5.99. The normalized spacial score (nSPS) is 10.7. The predicted octanol–water partition coefficient (Wildman–Crippen LogP) is 5.46. The molecule has 0 saturated carbocycles. The Morgan fingerprint density at radius 2 is 1.65 bits per heavy atom. The molecule has 118 valence electrons. The molecule has 0 atom stereocenters. The molecular weight excluding hydrogens is 307 g/mol. The molecule has 0 radical (unpaired) electrons. The lowest BCUT2D eigenvalue weighted by molar-refractivity contribution is 0.634. The Kier molecular flexibility index (Phi) is 4.72. The number of rotatable bonds is 5. The van der Waals surface area contributed by atoms with Crippen molar-refractivity contribution in [2.24, 2.45) is 0 Å². The largest absolute Gasteiger partial charge is 0.349 e. The number of hydrogen-bond acceptors (Lipinski definition) is 3. The molecule has 1 heterocycles. The van der Waals surface area contributed by atoms with E-state index < -0.39 is 0 Å². The van der Waals surface area contributed by atoms with Crippen molar-refractivity contribution in [2.45, 2.75) is 13.8 Å². The van der Waals surface area contributed by atoms with Crippen LogP contribution < -0.4 is 4.90 Å². The zero-order valence-electron chi connectivity index (χ0n) is 13.3. The maximum atomic E-state index is 15.0. The fourth-order valence-electron chi connectivity index (χ4n) is 2.60. The lowest BCUT2D eigenvalue weighted by Gasteiger charge is -2.16. The Labute approximate surface area is 140 Å². The van der Waals surface area contributed by atoms with Gasteiger partial charge in [-0.25, -0.2) is 9.37 Å². The van der Waals surface area contributed by atoms with Crippen LogP contribution in [0, 0.1) is 5.82 Å². The summed E-state index contributed by atoms with van der Waals surface area (Å²) in [4.78, 5) is 6.80. The summed E-state index contributed by atoms with van der Waals surface area (Å²) in [5.41, 5.74) is 2.75. The average molecular weight is 326 g/mol. The van der Waals surface area contributed by atoms with Crippen molar-refractivity contribution < 1.29 is 4.39 Å². The van der Waals surface area contributed by atoms with E-state index in [1.807, 2.05) is 47.8 Å². The van der Waals surface area contributed by atoms with Crippen molar-refractivity contribution in [1.82, 2.24) is 4.98 Å². The molecule has 0 amide bonds. The molecule has 0 N–H and O–H groups in total. The minimum Gasteiger partial charge on any atom is -0.349 e. The van der Waals surface area contributed by atoms with Crippen LogP contribution in [0.25, 0.3) is 22.4 Å². The monoisotopic (exact) mass is 326 g/mol. The van der Waals surface area contributed by atoms with Crippen LogP contribution in [0.2, 0.25) is 0 Å². The van der Waals surface area contributed by atoms with Crippen LogP contribution in [0.1, 0.15) is 13.8 Å². The van der Waals surface area contributed by atoms with Crippen LogP contribution in [0.4, 0.5) is 9.52 Å². The molecule has 2 nitrogen and oxygen atoms in total. The topological polar surface area (TPSA) is 16.1 Å². The first kappa shape index (κ1) is 15.7. The third-order valence-corrected chi connectivity index (χ3v) is 4.79. The number of anilines is 1. The van der Waals surface area contributed by atoms with Crippen molar-refractivity contribution >= 4 is 16.5 Å². The summed E-state index contributed by atoms with van der Waals surface area (Å²) >= 11 is 1.56. The van der Waals surface area contributed by atoms with Crippen LogP contribution in [0.15, 0.2) is 53.9 Å². The highest BCUT2D eigenvalue weighted by atomic mass is 32.1. The molecule has 0 aliphatic heterocycles. The van der Waals surface area contributed by atoms with E-state index in [2.05, 4.69) is 23.7 Å². The van der Waals surface area contributed by atoms with Gasteiger partial charge in [-0.15, -0.1) is 11.3 Å². The maximum Gasteiger partial charge on any atom is 0.185 e. The molecule has 0 fully saturated rings. The van der Waals surface area contributed by atoms with Gasteiger partial charge in [-0.3, -0.25) is 0 Å². The lowest BCUT2D eigenvalue weighted by atomic mass is 10.0. The summed E-state index contributed by atoms with van der Waals surface area (Å²) in [6.07, 6.45) is 0. The highest BCUT2D eigenvalue weighted by Crippen LogP contribution is 2.33. The van der Waals surface area contributed by atoms with Gasteiger partial charge < -0.3 is 4.90 Å². The summed E-state index contributed by atoms with van der Waals surface area (Å²) in [6, 6.07) is 15.1. The van der Waals surface area contributed by atoms with Gasteiger partial charge in [-0.2, -0.15) is 0 Å². The van der Waals surface area contributed by atoms with Gasteiger partial charge in [0.2, 0.25) is 0 Å². The van der Waals surface area contributed by atoms with Crippen molar-refractivity contribution in [3.8, 4) is 22.4 Å². The Hall–Kier alpha value is -2.20. The molecule has 3 rings (SSSR count). The number of halogens is 1. The number of benzene rings is 2. The molecule has 2 aromatic carbocycles. The second-order valence-electron chi connectivity index (χ2n) is 5.22. The van der Waals surface area contributed by atoms with E-state index in [-0.39, 0.29) is 5.82 Å². The first-order valence-electron chi connectivity index (χ1n) is 7.79. The molecule has 23 heavy (non-hydrogen) atoms. The summed E-state index contributed by atoms with van der Waals surface area (Å²) < 4.78 is 15.0. The molecular formula is C19H19FN2S. The van der Waals surface area contributed by atoms with Crippen LogP contribution >= 0.6 is 11.3 Å². The summed E-state index contributed by atoms with van der Waals surface area (Å²) in [5.74, 6) is -0.213. The summed E-state index contributed by atoms with van der Waals surface area (Å²) in [5, 5.41) is 2.87. The average Bonchev–Trinajstić information content (AvgIpc) is 3.06. The van der Waals surface area contributed by atoms with Crippen LogP contribution in [-0.2, 0) is 0 Å². The smallest absolute Gasteiger partial charge is 0.185 e. The Balaban J connectivity index is 2.01. The molecule has 0 spiro atoms. The number of aromatic nitrogens is 1. The standard InChI is InChI=1S/C19H19FN2S/c1-3-22(4-2)19-21-17(13-23-19)16-12-8-11-15(18(16)20)14-9-6-5-7-10-14/h5-13H,3-4H2,1-2H3. The van der Waals surface area contributed by atoms with E-state index >= 15 is 0 Å². The minimum absolute atomic E-state index is 0.213. The van der Waals surface area contributed by atoms with Crippen LogP contribution in [0.3, 0.4) is 0 Å². The van der Waals surface area contributed by atoms with Gasteiger partial charge in [0.15, 0.2) is 5.13 Å². The van der Waals surface area contributed by atoms with E-state index in [0.717, 1.165) is 23.8 Å². The van der Waals surface area contributed by atoms with Gasteiger partial charge in [0, 0.05) is 29.6 Å². The van der Waals surface area contributed by atoms with Gasteiger partial charge >= 0.3 is 0 Å². The third kappa shape index (κ3) is 3.13. The Bertz CT molecular complexity index is 779. The molecule has 1 aromatic heterocycles. The fourth-order valence-corrected chi connectivity index (χ4v) is 3.55. The second kappa shape index (κ2) is 6.92. The third-order valence-electron chi connectivity index (χ3n) is 3.89. The van der Waals surface area contributed by atoms with Gasteiger partial charge in [0.1, 0.15) is 5.82 Å². The van der Waals surface area contributed by atoms with Gasteiger partial charge in [-0.05, 0) is 25.5 Å². The lowest BCUT2D eigenvalue weighted by Crippen LogP contribution is -2.21. The van der Waals surface area contributed by atoms with Crippen molar-refractivity contribution in [1.29, 1.82) is 0 Å². The number of hydrogen-bond donors (Lipinski definition) is 0. The van der Waals surface area contributed by atoms with E-state index in [9.17, 15) is 4.39 Å². The zero-order valence-corrected chi connectivity index (χ0v) is 14.1. The van der Waals surface area contributed by atoms with Gasteiger partial charge in [0.05, 0.1) is 5.69 Å². The van der Waals surface area contributed by atoms with Gasteiger partial charge in [0.25, 0.3) is 0 Å². The van der Waals surface area contributed by atoms with Gasteiger partial charge in [-0.1, -0.05) is 42.5 Å². The Morgan fingerprint density at radius 1 is 0.957 bits per heavy atom. The van der Waals surface area contributed by atoms with Crippen LogP contribution in [-0.4, -0.2) is 18.1 Å². The second-order valence-corrected chi connectivity index (χ2v) is 6.06. The van der Waals surface area contributed by atoms with E-state index in [4.69, 9.17) is 0 Å². The van der Waals surface area contributed by atoms with Crippen molar-refractivity contribution in [2.75, 3.05) is 18.0 Å². The fraction of sp³-hybridized carbons (Fsp3) is 0.211. The Morgan fingerprint density at radius 3 is 2.35 bits per heavy atom. The van der Waals surface area contributed by atoms with E-state index in [1.54, 1.807) is 17.4 Å². The number of thiazole rings is 1. The summed E-state index contributed by atoms with van der Waals surface area (Å²) in [7, 11) is 0. The first-order valence-corrected chi connectivity index (χ1v) is 8.67. The van der Waals surface area contributed by atoms with Crippen LogP contribution in [0.5, 0.6) is 0 Å². The first-order chi connectivity index (χ1) is 11.2. The predicted molar refractivity (Wildman–Crippen MR) is 96.5 cm³/mol. The molecule has 0 saturated heterocycles. The molecule has 0 aliphatic carbocycles. The molecule has 0 unspecified atom stereocenters. The highest BCUT2D eigenvalue weighted by molar-refractivity contribution is 7.14. The molecule has 0 aliphatic rings. The van der Waals surface area contributed by atoms with E-state index in [0.29, 0.717) is 16.8 Å². The quantitative estimate of drug-likeness (QED) is 0.618. The molecule has 4 heteroatoms. The SMILES string of the molecule is CCN(CC)c1nc(-c2cccc(-c3ccccc3)c2F)cs1. The maximum absolute atomic E-state index is 15.0. The van der Waals surface area contributed by atoms with E-state index in [1.165, 1.54) is 0 Å². The molecule has 0 bridgehead atoms. The minimum atomic E-state index is -0.213. The molecule has 3 aromatic rings.